The summed E-state index contributed by atoms with van der Waals surface area (Å²) in [4.78, 5) is 4.17. The molecule has 0 saturated heterocycles. The molecule has 50 valence electrons. The Balaban J connectivity index is 2.46. The summed E-state index contributed by atoms with van der Waals surface area (Å²) in [6.07, 6.45) is 6.14. The van der Waals surface area contributed by atoms with Crippen molar-refractivity contribution in [2.75, 3.05) is 6.54 Å². The maximum atomic E-state index is 4.17. The first-order chi connectivity index (χ1) is 4.30. The van der Waals surface area contributed by atoms with Crippen LogP contribution in [0.1, 0.15) is 13.8 Å². The van der Waals surface area contributed by atoms with Crippen LogP contribution in [0.15, 0.2) is 17.1 Å². The Bertz CT molecular complexity index is 134. The van der Waals surface area contributed by atoms with E-state index in [-0.39, 0.29) is 0 Å². The molecule has 1 nitrogen and oxygen atoms in total. The first kappa shape index (κ1) is 6.53. The summed E-state index contributed by atoms with van der Waals surface area (Å²) in [7, 11) is 0. The van der Waals surface area contributed by atoms with Gasteiger partial charge in [-0.05, 0) is 17.9 Å². The van der Waals surface area contributed by atoms with Crippen molar-refractivity contribution < 1.29 is 0 Å². The number of aliphatic imine (C=N–C) groups is 1. The fraction of sp³-hybridized carbons (Fsp3) is 0.625. The van der Waals surface area contributed by atoms with Crippen LogP contribution in [0.25, 0.3) is 0 Å². The molecule has 0 aromatic rings. The molecule has 0 N–H and O–H groups in total. The summed E-state index contributed by atoms with van der Waals surface area (Å²) in [5.41, 5.74) is 0. The van der Waals surface area contributed by atoms with Gasteiger partial charge in [0.1, 0.15) is 0 Å². The second-order valence-corrected chi connectivity index (χ2v) is 2.81. The third-order valence-electron chi connectivity index (χ3n) is 1.72. The highest BCUT2D eigenvalue weighted by Crippen LogP contribution is 2.14. The summed E-state index contributed by atoms with van der Waals surface area (Å²) < 4.78 is 0. The Morgan fingerprint density at radius 2 is 2.33 bits per heavy atom. The summed E-state index contributed by atoms with van der Waals surface area (Å²) in [6.45, 7) is 5.44. The summed E-state index contributed by atoms with van der Waals surface area (Å²) in [5, 5.41) is 0. The standard InChI is InChI=1S/C8H13N/c1-7(2)8-4-3-5-9-6-8/h3-5,7-8H,6H2,1-2H3. The lowest BCUT2D eigenvalue weighted by Gasteiger charge is -2.15. The summed E-state index contributed by atoms with van der Waals surface area (Å²) in [6, 6.07) is 0. The van der Waals surface area contributed by atoms with Gasteiger partial charge in [-0.2, -0.15) is 0 Å². The maximum absolute atomic E-state index is 4.17. The van der Waals surface area contributed by atoms with Gasteiger partial charge in [0.2, 0.25) is 0 Å². The first-order valence-electron chi connectivity index (χ1n) is 3.47. The molecule has 1 unspecified atom stereocenters. The summed E-state index contributed by atoms with van der Waals surface area (Å²) >= 11 is 0. The zero-order chi connectivity index (χ0) is 6.69. The van der Waals surface area contributed by atoms with E-state index in [4.69, 9.17) is 0 Å². The van der Waals surface area contributed by atoms with Gasteiger partial charge in [0.25, 0.3) is 0 Å². The minimum Gasteiger partial charge on any atom is -0.293 e. The van der Waals surface area contributed by atoms with Crippen LogP contribution in [-0.2, 0) is 0 Å². The number of hydrogen-bond donors (Lipinski definition) is 0. The molecule has 1 aliphatic heterocycles. The van der Waals surface area contributed by atoms with E-state index in [1.54, 1.807) is 0 Å². The van der Waals surface area contributed by atoms with E-state index in [1.165, 1.54) is 0 Å². The third kappa shape index (κ3) is 1.67. The first-order valence-corrected chi connectivity index (χ1v) is 3.47. The minimum atomic E-state index is 0.676. The molecule has 0 amide bonds. The molecule has 0 saturated carbocycles. The lowest BCUT2D eigenvalue weighted by Crippen LogP contribution is -2.11. The number of dihydropyridines is 1. The van der Waals surface area contributed by atoms with Gasteiger partial charge in [0, 0.05) is 12.8 Å². The molecule has 1 aliphatic rings. The van der Waals surface area contributed by atoms with Crippen LogP contribution in [0, 0.1) is 11.8 Å². The van der Waals surface area contributed by atoms with E-state index in [2.05, 4.69) is 24.9 Å². The molecule has 0 fully saturated rings. The second-order valence-electron chi connectivity index (χ2n) is 2.81. The van der Waals surface area contributed by atoms with Crippen LogP contribution >= 0.6 is 0 Å². The quantitative estimate of drug-likeness (QED) is 0.505. The van der Waals surface area contributed by atoms with E-state index in [9.17, 15) is 0 Å². The Morgan fingerprint density at radius 1 is 1.56 bits per heavy atom. The molecule has 1 rings (SSSR count). The Kier molecular flexibility index (Phi) is 2.04. The van der Waals surface area contributed by atoms with E-state index >= 15 is 0 Å². The molecular weight excluding hydrogens is 110 g/mol. The molecule has 0 aromatic carbocycles. The number of allylic oxidation sites excluding steroid dienone is 1. The number of hydrogen-bond acceptors (Lipinski definition) is 1. The molecule has 0 radical (unpaired) electrons. The van der Waals surface area contributed by atoms with Gasteiger partial charge in [-0.25, -0.2) is 0 Å². The van der Waals surface area contributed by atoms with Crippen LogP contribution in [0.4, 0.5) is 0 Å². The predicted octanol–water partition coefficient (Wildman–Crippen LogP) is 1.90. The molecule has 0 spiro atoms. The smallest absolute Gasteiger partial charge is 0.0454 e. The lowest BCUT2D eigenvalue weighted by molar-refractivity contribution is 0.474. The van der Waals surface area contributed by atoms with Crippen molar-refractivity contribution in [1.82, 2.24) is 0 Å². The molecule has 9 heavy (non-hydrogen) atoms. The molecule has 0 aliphatic carbocycles. The van der Waals surface area contributed by atoms with Gasteiger partial charge in [-0.15, -0.1) is 0 Å². The van der Waals surface area contributed by atoms with E-state index < -0.39 is 0 Å². The molecule has 0 aromatic heterocycles. The third-order valence-corrected chi connectivity index (χ3v) is 1.72. The lowest BCUT2D eigenvalue weighted by atomic mass is 9.95. The summed E-state index contributed by atoms with van der Waals surface area (Å²) in [5.74, 6) is 1.41. The number of rotatable bonds is 1. The monoisotopic (exact) mass is 123 g/mol. The van der Waals surface area contributed by atoms with Gasteiger partial charge < -0.3 is 0 Å². The van der Waals surface area contributed by atoms with E-state index in [0.29, 0.717) is 5.92 Å². The van der Waals surface area contributed by atoms with Gasteiger partial charge in [-0.1, -0.05) is 19.9 Å². The minimum absolute atomic E-state index is 0.676. The van der Waals surface area contributed by atoms with Gasteiger partial charge in [0.05, 0.1) is 0 Å². The van der Waals surface area contributed by atoms with Crippen molar-refractivity contribution >= 4 is 6.21 Å². The second kappa shape index (κ2) is 2.81. The largest absolute Gasteiger partial charge is 0.293 e. The highest BCUT2D eigenvalue weighted by atomic mass is 14.7. The molecule has 1 heterocycles. The fourth-order valence-corrected chi connectivity index (χ4v) is 0.930. The Labute approximate surface area is 56.5 Å². The topological polar surface area (TPSA) is 12.4 Å². The zero-order valence-corrected chi connectivity index (χ0v) is 6.04. The zero-order valence-electron chi connectivity index (χ0n) is 6.04. The average Bonchev–Trinajstić information content (AvgIpc) is 1.90. The van der Waals surface area contributed by atoms with Crippen molar-refractivity contribution in [3.8, 4) is 0 Å². The highest BCUT2D eigenvalue weighted by molar-refractivity contribution is 5.71. The van der Waals surface area contributed by atoms with Crippen LogP contribution in [0.5, 0.6) is 0 Å². The highest BCUT2D eigenvalue weighted by Gasteiger charge is 2.09. The Hall–Kier alpha value is -0.590. The average molecular weight is 123 g/mol. The van der Waals surface area contributed by atoms with Crippen molar-refractivity contribution in [2.45, 2.75) is 13.8 Å². The maximum Gasteiger partial charge on any atom is 0.0454 e. The Morgan fingerprint density at radius 3 is 2.67 bits per heavy atom. The van der Waals surface area contributed by atoms with Crippen molar-refractivity contribution in [3.05, 3.63) is 12.2 Å². The normalized spacial score (nSPS) is 25.4. The SMILES string of the molecule is CC(C)C1C=CC=NC1. The van der Waals surface area contributed by atoms with E-state index in [1.807, 2.05) is 12.3 Å². The van der Waals surface area contributed by atoms with Gasteiger partial charge in [-0.3, -0.25) is 4.99 Å². The molecular formula is C8H13N. The van der Waals surface area contributed by atoms with Crippen LogP contribution in [0.2, 0.25) is 0 Å². The van der Waals surface area contributed by atoms with Crippen LogP contribution in [-0.4, -0.2) is 12.8 Å². The fourth-order valence-electron chi connectivity index (χ4n) is 0.930. The van der Waals surface area contributed by atoms with Crippen LogP contribution in [0.3, 0.4) is 0 Å². The van der Waals surface area contributed by atoms with Gasteiger partial charge in [0.15, 0.2) is 0 Å². The van der Waals surface area contributed by atoms with Crippen molar-refractivity contribution in [2.24, 2.45) is 16.8 Å². The molecule has 1 heteroatoms. The van der Waals surface area contributed by atoms with E-state index in [0.717, 1.165) is 12.5 Å². The van der Waals surface area contributed by atoms with Gasteiger partial charge >= 0.3 is 0 Å². The molecule has 0 bridgehead atoms. The van der Waals surface area contributed by atoms with Crippen molar-refractivity contribution in [3.63, 3.8) is 0 Å². The predicted molar refractivity (Wildman–Crippen MR) is 40.8 cm³/mol. The van der Waals surface area contributed by atoms with Crippen LogP contribution < -0.4 is 0 Å². The number of nitrogens with zero attached hydrogens (tertiary/aromatic N) is 1. The van der Waals surface area contributed by atoms with Crippen molar-refractivity contribution in [1.29, 1.82) is 0 Å². The molecule has 1 atom stereocenters.